The third-order valence-electron chi connectivity index (χ3n) is 1.76. The SMILES string of the molecule is CC(CCNC(C)(C)C)OC(C)(C)C. The Morgan fingerprint density at radius 2 is 1.57 bits per heavy atom. The second-order valence-electron chi connectivity index (χ2n) is 6.01. The Morgan fingerprint density at radius 1 is 1.07 bits per heavy atom. The molecule has 0 aromatic heterocycles. The molecule has 0 heterocycles. The quantitative estimate of drug-likeness (QED) is 0.755. The van der Waals surface area contributed by atoms with Crippen LogP contribution >= 0.6 is 0 Å². The van der Waals surface area contributed by atoms with Gasteiger partial charge in [0.1, 0.15) is 0 Å². The molecule has 0 aliphatic rings. The number of hydrogen-bond donors (Lipinski definition) is 1. The maximum Gasteiger partial charge on any atom is 0.0602 e. The highest BCUT2D eigenvalue weighted by molar-refractivity contribution is 4.71. The molecule has 0 saturated heterocycles. The molecular formula is C12H27NO. The Kier molecular flexibility index (Phi) is 5.10. The maximum absolute atomic E-state index is 5.81. The van der Waals surface area contributed by atoms with Gasteiger partial charge < -0.3 is 10.1 Å². The van der Waals surface area contributed by atoms with E-state index in [9.17, 15) is 0 Å². The molecule has 1 N–H and O–H groups in total. The van der Waals surface area contributed by atoms with Crippen molar-refractivity contribution in [1.29, 1.82) is 0 Å². The van der Waals surface area contributed by atoms with E-state index in [2.05, 4.69) is 53.8 Å². The van der Waals surface area contributed by atoms with Crippen LogP contribution in [0.1, 0.15) is 54.9 Å². The molecule has 2 nitrogen and oxygen atoms in total. The minimum Gasteiger partial charge on any atom is -0.373 e. The Labute approximate surface area is 89.4 Å². The lowest BCUT2D eigenvalue weighted by Crippen LogP contribution is -2.38. The summed E-state index contributed by atoms with van der Waals surface area (Å²) in [6.45, 7) is 16.0. The lowest BCUT2D eigenvalue weighted by Gasteiger charge is -2.27. The van der Waals surface area contributed by atoms with E-state index in [1.165, 1.54) is 0 Å². The van der Waals surface area contributed by atoms with Gasteiger partial charge in [0.2, 0.25) is 0 Å². The molecule has 0 bridgehead atoms. The number of ether oxygens (including phenoxy) is 1. The van der Waals surface area contributed by atoms with Crippen LogP contribution in [-0.2, 0) is 4.74 Å². The zero-order chi connectivity index (χ0) is 11.4. The van der Waals surface area contributed by atoms with E-state index in [0.717, 1.165) is 13.0 Å². The van der Waals surface area contributed by atoms with E-state index in [1.54, 1.807) is 0 Å². The molecule has 0 fully saturated rings. The van der Waals surface area contributed by atoms with Gasteiger partial charge in [-0.3, -0.25) is 0 Å². The summed E-state index contributed by atoms with van der Waals surface area (Å²) in [7, 11) is 0. The normalized spacial score (nSPS) is 15.6. The summed E-state index contributed by atoms with van der Waals surface area (Å²) in [6, 6.07) is 0. The van der Waals surface area contributed by atoms with Crippen LogP contribution in [0, 0.1) is 0 Å². The first kappa shape index (κ1) is 13.9. The zero-order valence-electron chi connectivity index (χ0n) is 10.9. The maximum atomic E-state index is 5.81. The molecule has 0 spiro atoms. The number of hydrogen-bond acceptors (Lipinski definition) is 2. The van der Waals surface area contributed by atoms with Crippen molar-refractivity contribution < 1.29 is 4.74 Å². The smallest absolute Gasteiger partial charge is 0.0602 e. The summed E-state index contributed by atoms with van der Waals surface area (Å²) in [4.78, 5) is 0. The van der Waals surface area contributed by atoms with Crippen LogP contribution in [0.2, 0.25) is 0 Å². The molecule has 0 aliphatic carbocycles. The van der Waals surface area contributed by atoms with Crippen molar-refractivity contribution in [2.45, 2.75) is 72.1 Å². The highest BCUT2D eigenvalue weighted by Crippen LogP contribution is 2.12. The van der Waals surface area contributed by atoms with E-state index in [1.807, 2.05) is 0 Å². The summed E-state index contributed by atoms with van der Waals surface area (Å²) in [5, 5.41) is 3.46. The molecule has 0 aromatic carbocycles. The second kappa shape index (κ2) is 5.13. The van der Waals surface area contributed by atoms with E-state index in [-0.39, 0.29) is 11.1 Å². The van der Waals surface area contributed by atoms with Crippen molar-refractivity contribution in [2.24, 2.45) is 0 Å². The fourth-order valence-corrected chi connectivity index (χ4v) is 1.31. The predicted octanol–water partition coefficient (Wildman–Crippen LogP) is 2.97. The van der Waals surface area contributed by atoms with Gasteiger partial charge in [-0.2, -0.15) is 0 Å². The van der Waals surface area contributed by atoms with Gasteiger partial charge in [0, 0.05) is 5.54 Å². The van der Waals surface area contributed by atoms with Crippen LogP contribution in [-0.4, -0.2) is 23.8 Å². The van der Waals surface area contributed by atoms with Crippen LogP contribution in [0.3, 0.4) is 0 Å². The van der Waals surface area contributed by atoms with E-state index in [0.29, 0.717) is 6.10 Å². The summed E-state index contributed by atoms with van der Waals surface area (Å²) in [6.07, 6.45) is 1.39. The Morgan fingerprint density at radius 3 is 1.93 bits per heavy atom. The monoisotopic (exact) mass is 201 g/mol. The molecule has 1 unspecified atom stereocenters. The van der Waals surface area contributed by atoms with Gasteiger partial charge in [0.15, 0.2) is 0 Å². The summed E-state index contributed by atoms with van der Waals surface area (Å²) < 4.78 is 5.81. The van der Waals surface area contributed by atoms with Crippen molar-refractivity contribution in [3.63, 3.8) is 0 Å². The van der Waals surface area contributed by atoms with E-state index in [4.69, 9.17) is 4.74 Å². The van der Waals surface area contributed by atoms with Gasteiger partial charge in [-0.1, -0.05) is 0 Å². The third-order valence-corrected chi connectivity index (χ3v) is 1.76. The number of rotatable bonds is 4. The standard InChI is InChI=1S/C12H27NO/c1-10(14-12(5,6)7)8-9-13-11(2,3)4/h10,13H,8-9H2,1-7H3. The molecular weight excluding hydrogens is 174 g/mol. The van der Waals surface area contributed by atoms with Gasteiger partial charge in [0.25, 0.3) is 0 Å². The van der Waals surface area contributed by atoms with Gasteiger partial charge in [-0.25, -0.2) is 0 Å². The summed E-state index contributed by atoms with van der Waals surface area (Å²) in [5.74, 6) is 0. The minimum absolute atomic E-state index is 0.0266. The third kappa shape index (κ3) is 10.0. The minimum atomic E-state index is -0.0266. The van der Waals surface area contributed by atoms with Crippen LogP contribution in [0.25, 0.3) is 0 Å². The molecule has 14 heavy (non-hydrogen) atoms. The average Bonchev–Trinajstić information content (AvgIpc) is 1.78. The highest BCUT2D eigenvalue weighted by atomic mass is 16.5. The van der Waals surface area contributed by atoms with E-state index >= 15 is 0 Å². The van der Waals surface area contributed by atoms with Crippen LogP contribution in [0.4, 0.5) is 0 Å². The lowest BCUT2D eigenvalue weighted by molar-refractivity contribution is -0.0541. The topological polar surface area (TPSA) is 21.3 Å². The Hall–Kier alpha value is -0.0800. The summed E-state index contributed by atoms with van der Waals surface area (Å²) >= 11 is 0. The molecule has 0 aliphatic heterocycles. The van der Waals surface area contributed by atoms with Crippen molar-refractivity contribution in [2.75, 3.05) is 6.54 Å². The summed E-state index contributed by atoms with van der Waals surface area (Å²) in [5.41, 5.74) is 0.183. The predicted molar refractivity (Wildman–Crippen MR) is 62.7 cm³/mol. The largest absolute Gasteiger partial charge is 0.373 e. The first-order valence-corrected chi connectivity index (χ1v) is 5.53. The molecule has 1 atom stereocenters. The zero-order valence-corrected chi connectivity index (χ0v) is 10.9. The molecule has 0 rings (SSSR count). The van der Waals surface area contributed by atoms with Gasteiger partial charge in [-0.05, 0) is 61.4 Å². The lowest BCUT2D eigenvalue weighted by atomic mass is 10.1. The fourth-order valence-electron chi connectivity index (χ4n) is 1.31. The highest BCUT2D eigenvalue weighted by Gasteiger charge is 2.15. The van der Waals surface area contributed by atoms with Crippen LogP contribution in [0.15, 0.2) is 0 Å². The molecule has 0 radical (unpaired) electrons. The molecule has 0 saturated carbocycles. The first-order chi connectivity index (χ1) is 6.10. The Bertz CT molecular complexity index is 153. The van der Waals surface area contributed by atoms with Crippen molar-refractivity contribution >= 4 is 0 Å². The van der Waals surface area contributed by atoms with Crippen molar-refractivity contribution in [3.05, 3.63) is 0 Å². The van der Waals surface area contributed by atoms with Crippen LogP contribution in [0.5, 0.6) is 0 Å². The molecule has 2 heteroatoms. The number of nitrogens with one attached hydrogen (secondary N) is 1. The second-order valence-corrected chi connectivity index (χ2v) is 6.01. The van der Waals surface area contributed by atoms with Crippen molar-refractivity contribution in [1.82, 2.24) is 5.32 Å². The molecule has 0 aromatic rings. The van der Waals surface area contributed by atoms with Gasteiger partial charge in [-0.15, -0.1) is 0 Å². The van der Waals surface area contributed by atoms with Crippen molar-refractivity contribution in [3.8, 4) is 0 Å². The molecule has 0 amide bonds. The fraction of sp³-hybridized carbons (Fsp3) is 1.00. The van der Waals surface area contributed by atoms with Crippen LogP contribution < -0.4 is 5.32 Å². The molecule has 86 valence electrons. The van der Waals surface area contributed by atoms with Gasteiger partial charge >= 0.3 is 0 Å². The van der Waals surface area contributed by atoms with E-state index < -0.39 is 0 Å². The first-order valence-electron chi connectivity index (χ1n) is 5.53. The average molecular weight is 201 g/mol. The Balaban J connectivity index is 3.60. The van der Waals surface area contributed by atoms with Gasteiger partial charge in [0.05, 0.1) is 11.7 Å².